The van der Waals surface area contributed by atoms with Crippen molar-refractivity contribution in [3.8, 4) is 22.0 Å². The van der Waals surface area contributed by atoms with E-state index >= 15 is 0 Å². The van der Waals surface area contributed by atoms with Crippen LogP contribution in [0.25, 0.3) is 22.0 Å². The highest BCUT2D eigenvalue weighted by Crippen LogP contribution is 2.35. The Morgan fingerprint density at radius 3 is 2.55 bits per heavy atom. The van der Waals surface area contributed by atoms with Crippen molar-refractivity contribution in [3.63, 3.8) is 0 Å². The molecule has 0 aliphatic rings. The van der Waals surface area contributed by atoms with Gasteiger partial charge in [-0.1, -0.05) is 0 Å². The van der Waals surface area contributed by atoms with E-state index in [0.717, 1.165) is 11.3 Å². The number of amides is 1. The van der Waals surface area contributed by atoms with E-state index in [2.05, 4.69) is 20.3 Å². The Kier molecular flexibility index (Phi) is 7.16. The van der Waals surface area contributed by atoms with Gasteiger partial charge in [-0.25, -0.2) is 19.6 Å². The van der Waals surface area contributed by atoms with Gasteiger partial charge in [-0.05, 0) is 60.6 Å². The summed E-state index contributed by atoms with van der Waals surface area (Å²) in [6.07, 6.45) is -0.559. The van der Waals surface area contributed by atoms with Crippen LogP contribution in [0.5, 0.6) is 0 Å². The fourth-order valence-corrected chi connectivity index (χ4v) is 3.79. The molecule has 3 aromatic rings. The van der Waals surface area contributed by atoms with Crippen LogP contribution in [0, 0.1) is 13.8 Å². The molecule has 0 aliphatic heterocycles. The first-order valence-electron chi connectivity index (χ1n) is 10.6. The quantitative estimate of drug-likeness (QED) is 0.484. The van der Waals surface area contributed by atoms with Gasteiger partial charge in [0.2, 0.25) is 5.89 Å². The molecule has 0 fully saturated rings. The summed E-state index contributed by atoms with van der Waals surface area (Å²) in [6, 6.07) is 3.24. The van der Waals surface area contributed by atoms with Crippen LogP contribution >= 0.6 is 11.3 Å². The molecule has 0 bridgehead atoms. The lowest BCUT2D eigenvalue weighted by Crippen LogP contribution is -2.34. The number of pyridine rings is 1. The Balaban J connectivity index is 1.93. The molecule has 0 unspecified atom stereocenters. The Labute approximate surface area is 196 Å². The van der Waals surface area contributed by atoms with E-state index in [1.54, 1.807) is 46.9 Å². The molecule has 0 spiro atoms. The SMILES string of the molecule is CCOC(=O)c1csc(-c2ccc(C)nc2-c2nc([C@H](C)NC(=O)OC(C)(C)C)oc2C)n1. The van der Waals surface area contributed by atoms with Gasteiger partial charge < -0.3 is 19.2 Å². The summed E-state index contributed by atoms with van der Waals surface area (Å²) >= 11 is 1.32. The van der Waals surface area contributed by atoms with Gasteiger partial charge in [-0.3, -0.25) is 4.98 Å². The number of esters is 1. The number of thiazole rings is 1. The molecule has 3 aromatic heterocycles. The van der Waals surface area contributed by atoms with Crippen molar-refractivity contribution < 1.29 is 23.5 Å². The lowest BCUT2D eigenvalue weighted by Gasteiger charge is -2.21. The summed E-state index contributed by atoms with van der Waals surface area (Å²) in [5, 5.41) is 5.00. The minimum absolute atomic E-state index is 0.246. The average molecular weight is 473 g/mol. The Hall–Kier alpha value is -3.27. The molecule has 0 radical (unpaired) electrons. The summed E-state index contributed by atoms with van der Waals surface area (Å²) < 4.78 is 16.2. The summed E-state index contributed by atoms with van der Waals surface area (Å²) in [7, 11) is 0. The second-order valence-electron chi connectivity index (χ2n) is 8.43. The predicted molar refractivity (Wildman–Crippen MR) is 124 cm³/mol. The van der Waals surface area contributed by atoms with Gasteiger partial charge in [0, 0.05) is 16.6 Å². The van der Waals surface area contributed by atoms with Crippen LogP contribution in [0.3, 0.4) is 0 Å². The van der Waals surface area contributed by atoms with Crippen molar-refractivity contribution in [1.82, 2.24) is 20.3 Å². The number of nitrogens with zero attached hydrogens (tertiary/aromatic N) is 3. The molecule has 10 heteroatoms. The minimum atomic E-state index is -0.613. The monoisotopic (exact) mass is 472 g/mol. The third-order valence-electron chi connectivity index (χ3n) is 4.39. The van der Waals surface area contributed by atoms with Crippen molar-refractivity contribution in [3.05, 3.63) is 40.6 Å². The largest absolute Gasteiger partial charge is 0.461 e. The molecule has 9 nitrogen and oxygen atoms in total. The fraction of sp³-hybridized carbons (Fsp3) is 0.435. The van der Waals surface area contributed by atoms with E-state index in [1.165, 1.54) is 11.3 Å². The zero-order chi connectivity index (χ0) is 24.3. The molecular weight excluding hydrogens is 444 g/mol. The standard InChI is InChI=1S/C23H28N4O5S/c1-8-30-21(28)16-11-33-20(26-16)15-10-9-12(2)24-18(15)17-14(4)31-19(27-17)13(3)25-22(29)32-23(5,6)7/h9-11,13H,8H2,1-7H3,(H,25,29)/t13-/m0/s1. The second-order valence-corrected chi connectivity index (χ2v) is 9.29. The zero-order valence-electron chi connectivity index (χ0n) is 19.8. The van der Waals surface area contributed by atoms with Gasteiger partial charge in [0.1, 0.15) is 33.8 Å². The van der Waals surface area contributed by atoms with Crippen LogP contribution in [-0.4, -0.2) is 39.2 Å². The van der Waals surface area contributed by atoms with Crippen molar-refractivity contribution >= 4 is 23.4 Å². The van der Waals surface area contributed by atoms with Crippen LogP contribution in [0.15, 0.2) is 21.9 Å². The summed E-state index contributed by atoms with van der Waals surface area (Å²) in [4.78, 5) is 37.9. The first-order valence-corrected chi connectivity index (χ1v) is 11.4. The molecule has 0 aliphatic carbocycles. The second kappa shape index (κ2) is 9.70. The van der Waals surface area contributed by atoms with Gasteiger partial charge in [-0.15, -0.1) is 11.3 Å². The lowest BCUT2D eigenvalue weighted by molar-refractivity contribution is 0.0496. The summed E-state index contributed by atoms with van der Waals surface area (Å²) in [5.74, 6) is 0.405. The first kappa shape index (κ1) is 24.4. The maximum absolute atomic E-state index is 12.1. The van der Waals surface area contributed by atoms with Crippen LogP contribution in [0.4, 0.5) is 4.79 Å². The number of ether oxygens (including phenoxy) is 2. The average Bonchev–Trinajstić information content (AvgIpc) is 3.33. The number of alkyl carbamates (subject to hydrolysis) is 1. The number of hydrogen-bond acceptors (Lipinski definition) is 9. The van der Waals surface area contributed by atoms with Gasteiger partial charge in [0.25, 0.3) is 0 Å². The van der Waals surface area contributed by atoms with Crippen molar-refractivity contribution in [2.24, 2.45) is 0 Å². The number of oxazole rings is 1. The van der Waals surface area contributed by atoms with E-state index in [-0.39, 0.29) is 12.3 Å². The molecule has 1 N–H and O–H groups in total. The number of aromatic nitrogens is 3. The van der Waals surface area contributed by atoms with Crippen molar-refractivity contribution in [2.75, 3.05) is 6.61 Å². The third kappa shape index (κ3) is 5.95. The number of carbonyl (C=O) groups is 2. The topological polar surface area (TPSA) is 116 Å². The smallest absolute Gasteiger partial charge is 0.408 e. The number of carbonyl (C=O) groups excluding carboxylic acids is 2. The molecule has 33 heavy (non-hydrogen) atoms. The number of nitrogens with one attached hydrogen (secondary N) is 1. The zero-order valence-corrected chi connectivity index (χ0v) is 20.6. The highest BCUT2D eigenvalue weighted by atomic mass is 32.1. The van der Waals surface area contributed by atoms with E-state index in [4.69, 9.17) is 13.9 Å². The molecule has 0 saturated carbocycles. The third-order valence-corrected chi connectivity index (χ3v) is 5.27. The highest BCUT2D eigenvalue weighted by molar-refractivity contribution is 7.13. The molecule has 3 rings (SSSR count). The minimum Gasteiger partial charge on any atom is -0.461 e. The van der Waals surface area contributed by atoms with Gasteiger partial charge in [0.15, 0.2) is 5.69 Å². The maximum Gasteiger partial charge on any atom is 0.408 e. The summed E-state index contributed by atoms with van der Waals surface area (Å²) in [6.45, 7) is 12.8. The molecule has 1 amide bonds. The molecule has 3 heterocycles. The molecule has 0 saturated heterocycles. The van der Waals surface area contributed by atoms with Gasteiger partial charge in [0.05, 0.1) is 6.61 Å². The Bertz CT molecular complexity index is 1160. The van der Waals surface area contributed by atoms with Gasteiger partial charge >= 0.3 is 12.1 Å². The Morgan fingerprint density at radius 2 is 1.88 bits per heavy atom. The van der Waals surface area contributed by atoms with E-state index in [1.807, 2.05) is 19.1 Å². The fourth-order valence-electron chi connectivity index (χ4n) is 2.97. The normalized spacial score (nSPS) is 12.3. The van der Waals surface area contributed by atoms with Crippen LogP contribution in [0.2, 0.25) is 0 Å². The highest BCUT2D eigenvalue weighted by Gasteiger charge is 2.25. The summed E-state index contributed by atoms with van der Waals surface area (Å²) in [5.41, 5.74) is 2.26. The van der Waals surface area contributed by atoms with Crippen LogP contribution < -0.4 is 5.32 Å². The van der Waals surface area contributed by atoms with Crippen LogP contribution in [-0.2, 0) is 9.47 Å². The number of hydrogen-bond donors (Lipinski definition) is 1. The maximum atomic E-state index is 12.1. The number of rotatable bonds is 6. The Morgan fingerprint density at radius 1 is 1.15 bits per heavy atom. The number of aryl methyl sites for hydroxylation is 2. The lowest BCUT2D eigenvalue weighted by atomic mass is 10.1. The van der Waals surface area contributed by atoms with Crippen molar-refractivity contribution in [2.45, 2.75) is 60.1 Å². The molecule has 0 aromatic carbocycles. The van der Waals surface area contributed by atoms with Gasteiger partial charge in [-0.2, -0.15) is 0 Å². The molecular formula is C23H28N4O5S. The van der Waals surface area contributed by atoms with E-state index in [9.17, 15) is 9.59 Å². The van der Waals surface area contributed by atoms with E-state index < -0.39 is 23.7 Å². The van der Waals surface area contributed by atoms with E-state index in [0.29, 0.717) is 28.0 Å². The first-order chi connectivity index (χ1) is 15.5. The molecule has 1 atom stereocenters. The molecule has 176 valence electrons. The van der Waals surface area contributed by atoms with Crippen LogP contribution in [0.1, 0.15) is 68.5 Å². The predicted octanol–water partition coefficient (Wildman–Crippen LogP) is 5.24. The van der Waals surface area contributed by atoms with Crippen molar-refractivity contribution in [1.29, 1.82) is 0 Å².